The van der Waals surface area contributed by atoms with E-state index in [1.807, 2.05) is 48.5 Å². The third-order valence-corrected chi connectivity index (χ3v) is 5.74. The molecule has 1 heterocycles. The van der Waals surface area contributed by atoms with Gasteiger partial charge in [0.05, 0.1) is 4.47 Å². The summed E-state index contributed by atoms with van der Waals surface area (Å²) in [5.74, 6) is 2.02. The van der Waals surface area contributed by atoms with Gasteiger partial charge in [0, 0.05) is 29.9 Å². The van der Waals surface area contributed by atoms with Crippen LogP contribution in [0.15, 0.2) is 65.3 Å². The second-order valence-corrected chi connectivity index (χ2v) is 8.14. The number of halogens is 2. The van der Waals surface area contributed by atoms with E-state index in [9.17, 15) is 0 Å². The van der Waals surface area contributed by atoms with E-state index in [1.165, 1.54) is 0 Å². The monoisotopic (exact) mass is 488 g/mol. The van der Waals surface area contributed by atoms with Crippen LogP contribution in [0.2, 0.25) is 5.02 Å². The van der Waals surface area contributed by atoms with Crippen LogP contribution in [-0.4, -0.2) is 29.5 Å². The van der Waals surface area contributed by atoms with Crippen molar-refractivity contribution in [3.8, 4) is 17.4 Å². The van der Waals surface area contributed by atoms with Crippen LogP contribution in [0, 0.1) is 0 Å². The molecule has 0 amide bonds. The predicted molar refractivity (Wildman–Crippen MR) is 126 cm³/mol. The first-order chi connectivity index (χ1) is 14.6. The Morgan fingerprint density at radius 2 is 1.77 bits per heavy atom. The van der Waals surface area contributed by atoms with Crippen LogP contribution in [0.25, 0.3) is 0 Å². The van der Waals surface area contributed by atoms with Crippen LogP contribution in [0.4, 0.5) is 0 Å². The third kappa shape index (κ3) is 6.46. The minimum Gasteiger partial charge on any atom is -0.488 e. The molecule has 0 radical (unpaired) electrons. The largest absolute Gasteiger partial charge is 0.488 e. The average molecular weight is 490 g/mol. The Morgan fingerprint density at radius 3 is 2.43 bits per heavy atom. The van der Waals surface area contributed by atoms with Gasteiger partial charge in [0.2, 0.25) is 5.88 Å². The molecule has 1 aromatic heterocycles. The van der Waals surface area contributed by atoms with Crippen molar-refractivity contribution in [1.82, 2.24) is 9.88 Å². The maximum atomic E-state index is 6.21. The molecule has 0 unspecified atom stereocenters. The predicted octanol–water partition coefficient (Wildman–Crippen LogP) is 6.75. The minimum absolute atomic E-state index is 0.458. The Kier molecular flexibility index (Phi) is 8.55. The van der Waals surface area contributed by atoms with E-state index in [0.717, 1.165) is 47.4 Å². The smallest absolute Gasteiger partial charge is 0.219 e. The van der Waals surface area contributed by atoms with Crippen LogP contribution >= 0.6 is 27.5 Å². The van der Waals surface area contributed by atoms with Gasteiger partial charge in [-0.1, -0.05) is 43.6 Å². The van der Waals surface area contributed by atoms with Gasteiger partial charge >= 0.3 is 0 Å². The molecule has 0 bridgehead atoms. The number of likely N-dealkylation sites (N-methyl/N-ethyl adjacent to an activating group) is 1. The summed E-state index contributed by atoms with van der Waals surface area (Å²) >= 11 is 9.64. The van der Waals surface area contributed by atoms with Gasteiger partial charge in [-0.25, -0.2) is 4.98 Å². The van der Waals surface area contributed by atoms with Crippen molar-refractivity contribution in [3.05, 3.63) is 81.4 Å². The fourth-order valence-corrected chi connectivity index (χ4v) is 3.66. The normalized spacial score (nSPS) is 11.0. The molecule has 0 fully saturated rings. The number of ether oxygens (including phenoxy) is 2. The summed E-state index contributed by atoms with van der Waals surface area (Å²) in [5, 5.41) is 0.716. The van der Waals surface area contributed by atoms with Gasteiger partial charge in [0.25, 0.3) is 0 Å². The Balaban J connectivity index is 1.83. The lowest BCUT2D eigenvalue weighted by atomic mass is 10.1. The minimum atomic E-state index is 0.458. The number of benzene rings is 2. The van der Waals surface area contributed by atoms with Crippen molar-refractivity contribution in [2.45, 2.75) is 26.9 Å². The number of nitrogens with zero attached hydrogens (tertiary/aromatic N) is 2. The number of aromatic nitrogens is 1. The maximum absolute atomic E-state index is 6.21. The Labute approximate surface area is 191 Å². The summed E-state index contributed by atoms with van der Waals surface area (Å²) in [6.45, 7) is 7.85. The molecule has 0 aliphatic carbocycles. The third-order valence-electron chi connectivity index (χ3n) is 4.87. The van der Waals surface area contributed by atoms with Crippen LogP contribution < -0.4 is 9.47 Å². The zero-order valence-corrected chi connectivity index (χ0v) is 19.6. The van der Waals surface area contributed by atoms with Crippen LogP contribution in [0.3, 0.4) is 0 Å². The molecule has 3 aromatic rings. The molecule has 158 valence electrons. The van der Waals surface area contributed by atoms with Crippen molar-refractivity contribution in [2.24, 2.45) is 0 Å². The standard InChI is InChI=1S/C24H26BrClN2O2/c1-3-28(4-2)14-12-19-15-21(25)23(30-24-7-5-6-13-27-24)16-22(19)29-17-18-8-10-20(26)11-9-18/h5-11,13,15-16H,3-4,12,14,17H2,1-2H3. The van der Waals surface area contributed by atoms with Gasteiger partial charge in [0.15, 0.2) is 0 Å². The van der Waals surface area contributed by atoms with Crippen molar-refractivity contribution in [1.29, 1.82) is 0 Å². The zero-order valence-electron chi connectivity index (χ0n) is 17.3. The lowest BCUT2D eigenvalue weighted by Gasteiger charge is -2.20. The summed E-state index contributed by atoms with van der Waals surface area (Å²) in [7, 11) is 0. The average Bonchev–Trinajstić information content (AvgIpc) is 2.77. The van der Waals surface area contributed by atoms with Crippen molar-refractivity contribution in [3.63, 3.8) is 0 Å². The van der Waals surface area contributed by atoms with Gasteiger partial charge < -0.3 is 14.4 Å². The first kappa shape index (κ1) is 22.6. The first-order valence-electron chi connectivity index (χ1n) is 10.1. The molecule has 0 spiro atoms. The molecule has 0 aliphatic heterocycles. The highest BCUT2D eigenvalue weighted by Crippen LogP contribution is 2.36. The Bertz CT molecular complexity index is 932. The van der Waals surface area contributed by atoms with E-state index in [4.69, 9.17) is 21.1 Å². The van der Waals surface area contributed by atoms with Crippen molar-refractivity contribution < 1.29 is 9.47 Å². The SMILES string of the molecule is CCN(CC)CCc1cc(Br)c(Oc2ccccn2)cc1OCc1ccc(Cl)cc1. The highest BCUT2D eigenvalue weighted by molar-refractivity contribution is 9.10. The summed E-state index contributed by atoms with van der Waals surface area (Å²) in [4.78, 5) is 6.65. The van der Waals surface area contributed by atoms with Crippen LogP contribution in [-0.2, 0) is 13.0 Å². The van der Waals surface area contributed by atoms with E-state index in [1.54, 1.807) is 6.20 Å². The molecule has 30 heavy (non-hydrogen) atoms. The number of pyridine rings is 1. The van der Waals surface area contributed by atoms with Gasteiger partial charge in [-0.3, -0.25) is 0 Å². The van der Waals surface area contributed by atoms with E-state index in [0.29, 0.717) is 23.3 Å². The number of rotatable bonds is 10. The summed E-state index contributed by atoms with van der Waals surface area (Å²) in [6.07, 6.45) is 2.60. The number of hydrogen-bond donors (Lipinski definition) is 0. The van der Waals surface area contributed by atoms with E-state index >= 15 is 0 Å². The molecule has 3 rings (SSSR count). The Hall–Kier alpha value is -2.08. The quantitative estimate of drug-likeness (QED) is 0.315. The lowest BCUT2D eigenvalue weighted by Crippen LogP contribution is -2.25. The topological polar surface area (TPSA) is 34.6 Å². The summed E-state index contributed by atoms with van der Waals surface area (Å²) in [5.41, 5.74) is 2.19. The van der Waals surface area contributed by atoms with Gasteiger partial charge in [-0.2, -0.15) is 0 Å². The molecular weight excluding hydrogens is 464 g/mol. The van der Waals surface area contributed by atoms with Gasteiger partial charge in [0.1, 0.15) is 18.1 Å². The lowest BCUT2D eigenvalue weighted by molar-refractivity contribution is 0.289. The summed E-state index contributed by atoms with van der Waals surface area (Å²) < 4.78 is 13.1. The number of hydrogen-bond acceptors (Lipinski definition) is 4. The van der Waals surface area contributed by atoms with Crippen molar-refractivity contribution >= 4 is 27.5 Å². The maximum Gasteiger partial charge on any atom is 0.219 e. The van der Waals surface area contributed by atoms with Crippen LogP contribution in [0.5, 0.6) is 17.4 Å². The molecule has 6 heteroatoms. The molecule has 0 atom stereocenters. The molecule has 0 N–H and O–H groups in total. The molecule has 0 saturated carbocycles. The van der Waals surface area contributed by atoms with Gasteiger partial charge in [-0.05, 0) is 70.8 Å². The van der Waals surface area contributed by atoms with E-state index in [-0.39, 0.29) is 0 Å². The fraction of sp³-hybridized carbons (Fsp3) is 0.292. The molecule has 4 nitrogen and oxygen atoms in total. The molecular formula is C24H26BrClN2O2. The van der Waals surface area contributed by atoms with Crippen molar-refractivity contribution in [2.75, 3.05) is 19.6 Å². The molecule has 2 aromatic carbocycles. The second-order valence-electron chi connectivity index (χ2n) is 6.85. The van der Waals surface area contributed by atoms with E-state index in [2.05, 4.69) is 45.7 Å². The molecule has 0 saturated heterocycles. The zero-order chi connectivity index (χ0) is 21.3. The van der Waals surface area contributed by atoms with Crippen LogP contribution in [0.1, 0.15) is 25.0 Å². The first-order valence-corrected chi connectivity index (χ1v) is 11.3. The molecule has 0 aliphatic rings. The highest BCUT2D eigenvalue weighted by Gasteiger charge is 2.13. The highest BCUT2D eigenvalue weighted by atomic mass is 79.9. The summed E-state index contributed by atoms with van der Waals surface area (Å²) in [6, 6.07) is 17.3. The Morgan fingerprint density at radius 1 is 1.00 bits per heavy atom. The second kappa shape index (κ2) is 11.3. The van der Waals surface area contributed by atoms with Gasteiger partial charge in [-0.15, -0.1) is 0 Å². The fourth-order valence-electron chi connectivity index (χ4n) is 3.06. The van der Waals surface area contributed by atoms with E-state index < -0.39 is 0 Å².